The molecule has 2 aromatic carbocycles. The van der Waals surface area contributed by atoms with E-state index in [9.17, 15) is 9.18 Å². The second-order valence-corrected chi connectivity index (χ2v) is 8.59. The molecule has 1 aromatic heterocycles. The molecule has 0 saturated carbocycles. The van der Waals surface area contributed by atoms with E-state index in [1.54, 1.807) is 6.26 Å². The molecule has 7 nitrogen and oxygen atoms in total. The molecule has 0 radical (unpaired) electrons. The largest absolute Gasteiger partial charge is 0.494 e. The van der Waals surface area contributed by atoms with Crippen molar-refractivity contribution in [3.05, 3.63) is 78.5 Å². The molecule has 2 N–H and O–H groups in total. The third-order valence-corrected chi connectivity index (χ3v) is 6.15. The zero-order chi connectivity index (χ0) is 24.5. The predicted octanol–water partition coefficient (Wildman–Crippen LogP) is 5.28. The predicted molar refractivity (Wildman–Crippen MR) is 136 cm³/mol. The molecule has 0 bridgehead atoms. The summed E-state index contributed by atoms with van der Waals surface area (Å²) >= 11 is 0. The van der Waals surface area contributed by atoms with Crippen LogP contribution in [-0.2, 0) is 0 Å². The van der Waals surface area contributed by atoms with Crippen LogP contribution in [0, 0.1) is 5.82 Å². The molecule has 2 heterocycles. The fourth-order valence-corrected chi connectivity index (χ4v) is 4.17. The van der Waals surface area contributed by atoms with Crippen molar-refractivity contribution in [3.63, 3.8) is 0 Å². The first-order valence-corrected chi connectivity index (χ1v) is 12.2. The number of carbonyl (C=O) groups is 1. The van der Waals surface area contributed by atoms with Crippen molar-refractivity contribution in [2.75, 3.05) is 49.5 Å². The summed E-state index contributed by atoms with van der Waals surface area (Å²) in [5, 5.41) is 5.86. The molecule has 186 valence electrons. The standard InChI is InChI=1S/C27H33FN4O3/c1-2-3-18-34-24-12-8-22(9-13-24)30-27(33)29-20-25(26-5-4-19-35-26)32-16-14-31(15-17-32)23-10-6-21(28)7-11-23/h4-13,19,25H,2-3,14-18,20H2,1H3,(H2,29,30,33). The monoisotopic (exact) mass is 480 g/mol. The highest BCUT2D eigenvalue weighted by Gasteiger charge is 2.27. The van der Waals surface area contributed by atoms with E-state index in [1.807, 2.05) is 48.5 Å². The van der Waals surface area contributed by atoms with Gasteiger partial charge in [0.05, 0.1) is 18.9 Å². The number of urea groups is 1. The van der Waals surface area contributed by atoms with Crippen LogP contribution >= 0.6 is 0 Å². The van der Waals surface area contributed by atoms with Gasteiger partial charge in [0.1, 0.15) is 17.3 Å². The maximum atomic E-state index is 13.3. The molecule has 3 aromatic rings. The summed E-state index contributed by atoms with van der Waals surface area (Å²) in [6, 6.07) is 17.4. The number of carbonyl (C=O) groups excluding carboxylic acids is 1. The minimum absolute atomic E-state index is 0.0829. The van der Waals surface area contributed by atoms with Crippen molar-refractivity contribution >= 4 is 17.4 Å². The molecule has 1 fully saturated rings. The van der Waals surface area contributed by atoms with Crippen molar-refractivity contribution in [1.29, 1.82) is 0 Å². The molecule has 8 heteroatoms. The molecule has 2 amide bonds. The minimum atomic E-state index is -0.272. The van der Waals surface area contributed by atoms with Crippen molar-refractivity contribution < 1.29 is 18.3 Å². The lowest BCUT2D eigenvalue weighted by Gasteiger charge is -2.39. The number of amides is 2. The summed E-state index contributed by atoms with van der Waals surface area (Å²) in [6.45, 7) is 6.43. The normalized spacial score (nSPS) is 15.0. The van der Waals surface area contributed by atoms with Crippen LogP contribution in [0.3, 0.4) is 0 Å². The average Bonchev–Trinajstić information content (AvgIpc) is 3.41. The molecular formula is C27H33FN4O3. The van der Waals surface area contributed by atoms with Crippen LogP contribution in [0.25, 0.3) is 0 Å². The molecular weight excluding hydrogens is 447 g/mol. The van der Waals surface area contributed by atoms with Gasteiger partial charge < -0.3 is 24.7 Å². The zero-order valence-electron chi connectivity index (χ0n) is 20.1. The van der Waals surface area contributed by atoms with Gasteiger partial charge in [-0.2, -0.15) is 0 Å². The molecule has 0 aliphatic carbocycles. The molecule has 35 heavy (non-hydrogen) atoms. The summed E-state index contributed by atoms with van der Waals surface area (Å²) in [5.41, 5.74) is 1.72. The number of rotatable bonds is 10. The van der Waals surface area contributed by atoms with E-state index in [0.29, 0.717) is 18.8 Å². The van der Waals surface area contributed by atoms with Crippen LogP contribution in [0.1, 0.15) is 31.6 Å². The van der Waals surface area contributed by atoms with Gasteiger partial charge in [0.2, 0.25) is 0 Å². The molecule has 1 atom stereocenters. The van der Waals surface area contributed by atoms with E-state index < -0.39 is 0 Å². The van der Waals surface area contributed by atoms with Crippen molar-refractivity contribution in [3.8, 4) is 5.75 Å². The molecule has 1 aliphatic rings. The zero-order valence-corrected chi connectivity index (χ0v) is 20.1. The SMILES string of the molecule is CCCCOc1ccc(NC(=O)NCC(c2ccco2)N2CCN(c3ccc(F)cc3)CC2)cc1. The number of hydrogen-bond donors (Lipinski definition) is 2. The fraction of sp³-hybridized carbons (Fsp3) is 0.370. The van der Waals surface area contributed by atoms with E-state index in [0.717, 1.165) is 56.2 Å². The van der Waals surface area contributed by atoms with Gasteiger partial charge in [0.25, 0.3) is 0 Å². The van der Waals surface area contributed by atoms with Crippen LogP contribution in [-0.4, -0.2) is 50.3 Å². The minimum Gasteiger partial charge on any atom is -0.494 e. The number of anilines is 2. The number of nitrogens with one attached hydrogen (secondary N) is 2. The third kappa shape index (κ3) is 6.99. The summed E-state index contributed by atoms with van der Waals surface area (Å²) in [5.74, 6) is 1.38. The Balaban J connectivity index is 1.30. The number of furan rings is 1. The highest BCUT2D eigenvalue weighted by Crippen LogP contribution is 2.25. The van der Waals surface area contributed by atoms with E-state index >= 15 is 0 Å². The molecule has 1 unspecified atom stereocenters. The Bertz CT molecular complexity index is 1030. The smallest absolute Gasteiger partial charge is 0.319 e. The Kier molecular flexibility index (Phi) is 8.62. The summed E-state index contributed by atoms with van der Waals surface area (Å²) < 4.78 is 24.6. The van der Waals surface area contributed by atoms with E-state index in [1.165, 1.54) is 12.1 Å². The van der Waals surface area contributed by atoms with Crippen LogP contribution in [0.15, 0.2) is 71.3 Å². The van der Waals surface area contributed by atoms with Gasteiger partial charge >= 0.3 is 6.03 Å². The lowest BCUT2D eigenvalue weighted by molar-refractivity contribution is 0.162. The lowest BCUT2D eigenvalue weighted by Crippen LogP contribution is -2.50. The van der Waals surface area contributed by atoms with Gasteiger partial charge in [-0.3, -0.25) is 4.90 Å². The average molecular weight is 481 g/mol. The number of unbranched alkanes of at least 4 members (excludes halogenated alkanes) is 1. The number of benzene rings is 2. The van der Waals surface area contributed by atoms with Gasteiger partial charge in [-0.1, -0.05) is 13.3 Å². The van der Waals surface area contributed by atoms with Crippen LogP contribution in [0.5, 0.6) is 5.75 Å². The van der Waals surface area contributed by atoms with E-state index in [2.05, 4.69) is 27.4 Å². The molecule has 1 aliphatic heterocycles. The summed E-state index contributed by atoms with van der Waals surface area (Å²) in [6.07, 6.45) is 3.75. The Hall–Kier alpha value is -3.52. The van der Waals surface area contributed by atoms with Gasteiger partial charge in [-0.15, -0.1) is 0 Å². The van der Waals surface area contributed by atoms with Crippen molar-refractivity contribution in [2.45, 2.75) is 25.8 Å². The summed E-state index contributed by atoms with van der Waals surface area (Å²) in [7, 11) is 0. The van der Waals surface area contributed by atoms with Gasteiger partial charge in [-0.25, -0.2) is 9.18 Å². The first kappa shape index (κ1) is 24.6. The van der Waals surface area contributed by atoms with Crippen molar-refractivity contribution in [2.24, 2.45) is 0 Å². The number of hydrogen-bond acceptors (Lipinski definition) is 5. The second-order valence-electron chi connectivity index (χ2n) is 8.59. The van der Waals surface area contributed by atoms with Crippen LogP contribution < -0.4 is 20.3 Å². The van der Waals surface area contributed by atoms with Gasteiger partial charge in [0.15, 0.2) is 0 Å². The van der Waals surface area contributed by atoms with Gasteiger partial charge in [-0.05, 0) is 67.1 Å². The van der Waals surface area contributed by atoms with Crippen LogP contribution in [0.4, 0.5) is 20.6 Å². The maximum absolute atomic E-state index is 13.3. The van der Waals surface area contributed by atoms with Gasteiger partial charge in [0, 0.05) is 44.1 Å². The highest BCUT2D eigenvalue weighted by atomic mass is 19.1. The lowest BCUT2D eigenvalue weighted by atomic mass is 10.1. The first-order valence-electron chi connectivity index (χ1n) is 12.2. The van der Waals surface area contributed by atoms with E-state index in [-0.39, 0.29) is 17.9 Å². The van der Waals surface area contributed by atoms with Crippen molar-refractivity contribution in [1.82, 2.24) is 10.2 Å². The molecule has 4 rings (SSSR count). The maximum Gasteiger partial charge on any atom is 0.319 e. The number of piperazine rings is 1. The number of halogens is 1. The Labute approximate surface area is 205 Å². The Morgan fingerprint density at radius 1 is 1.06 bits per heavy atom. The van der Waals surface area contributed by atoms with Crippen LogP contribution in [0.2, 0.25) is 0 Å². The summed E-state index contributed by atoms with van der Waals surface area (Å²) in [4.78, 5) is 17.1. The first-order chi connectivity index (χ1) is 17.1. The second kappa shape index (κ2) is 12.3. The quantitative estimate of drug-likeness (QED) is 0.386. The Morgan fingerprint density at radius 3 is 2.46 bits per heavy atom. The molecule has 0 spiro atoms. The fourth-order valence-electron chi connectivity index (χ4n) is 4.17. The Morgan fingerprint density at radius 2 is 1.80 bits per heavy atom. The number of ether oxygens (including phenoxy) is 1. The topological polar surface area (TPSA) is 70.0 Å². The molecule has 1 saturated heterocycles. The third-order valence-electron chi connectivity index (χ3n) is 6.15. The van der Waals surface area contributed by atoms with E-state index in [4.69, 9.17) is 9.15 Å². The highest BCUT2D eigenvalue weighted by molar-refractivity contribution is 5.89. The number of nitrogens with zero attached hydrogens (tertiary/aromatic N) is 2.